The second kappa shape index (κ2) is 5.12. The number of fused-ring (bicyclic) bond motifs is 1. The van der Waals surface area contributed by atoms with E-state index in [-0.39, 0.29) is 0 Å². The minimum atomic E-state index is 0.923. The molecule has 4 heterocycles. The molecule has 4 nitrogen and oxygen atoms in total. The van der Waals surface area contributed by atoms with Gasteiger partial charge >= 0.3 is 0 Å². The third kappa shape index (κ3) is 2.30. The largest absolute Gasteiger partial charge is 0.293 e. The summed E-state index contributed by atoms with van der Waals surface area (Å²) in [6, 6.07) is 4.21. The van der Waals surface area contributed by atoms with E-state index in [9.17, 15) is 0 Å². The zero-order valence-corrected chi connectivity index (χ0v) is 12.5. The number of aromatic amines is 1. The molecule has 0 fully saturated rings. The van der Waals surface area contributed by atoms with Gasteiger partial charge < -0.3 is 0 Å². The lowest BCUT2D eigenvalue weighted by Gasteiger charge is -2.25. The van der Waals surface area contributed by atoms with Crippen molar-refractivity contribution < 1.29 is 0 Å². The molecule has 0 radical (unpaired) electrons. The number of thiazole rings is 1. The van der Waals surface area contributed by atoms with Crippen LogP contribution >= 0.6 is 22.7 Å². The first-order chi connectivity index (χ1) is 9.88. The van der Waals surface area contributed by atoms with Gasteiger partial charge in [-0.05, 0) is 11.4 Å². The van der Waals surface area contributed by atoms with E-state index in [2.05, 4.69) is 38.0 Å². The van der Waals surface area contributed by atoms with Gasteiger partial charge in [0, 0.05) is 42.7 Å². The van der Waals surface area contributed by atoms with Crippen LogP contribution in [0.15, 0.2) is 29.1 Å². The Labute approximate surface area is 125 Å². The highest BCUT2D eigenvalue weighted by Crippen LogP contribution is 2.28. The number of thiophene rings is 1. The minimum absolute atomic E-state index is 0.923. The highest BCUT2D eigenvalue weighted by molar-refractivity contribution is 7.20. The molecule has 4 rings (SSSR count). The molecule has 6 heteroatoms. The fourth-order valence-electron chi connectivity index (χ4n) is 2.54. The standard InChI is InChI=1S/C14H14N4S2/c1-2-13(19-5-1)14-16-11(9-20-14)8-18-4-3-12-10(7-18)6-15-17-12/h1-2,5-6,9H,3-4,7-8H2,(H,15,17). The monoisotopic (exact) mass is 302 g/mol. The second-order valence-corrected chi connectivity index (χ2v) is 6.76. The number of nitrogens with zero attached hydrogens (tertiary/aromatic N) is 3. The number of rotatable bonds is 3. The topological polar surface area (TPSA) is 44.8 Å². The normalized spacial score (nSPS) is 15.4. The Morgan fingerprint density at radius 1 is 1.35 bits per heavy atom. The zero-order valence-electron chi connectivity index (χ0n) is 10.9. The van der Waals surface area contributed by atoms with E-state index in [0.717, 1.165) is 31.1 Å². The number of hydrogen-bond donors (Lipinski definition) is 1. The van der Waals surface area contributed by atoms with Crippen molar-refractivity contribution in [2.24, 2.45) is 0 Å². The SMILES string of the molecule is c1csc(-c2nc(CN3CCc4[nH]ncc4C3)cs2)c1. The summed E-state index contributed by atoms with van der Waals surface area (Å²) in [4.78, 5) is 8.45. The summed E-state index contributed by atoms with van der Waals surface area (Å²) >= 11 is 3.49. The van der Waals surface area contributed by atoms with Crippen molar-refractivity contribution in [1.29, 1.82) is 0 Å². The molecule has 102 valence electrons. The van der Waals surface area contributed by atoms with Gasteiger partial charge in [0.15, 0.2) is 0 Å². The maximum atomic E-state index is 4.75. The van der Waals surface area contributed by atoms with Gasteiger partial charge in [0.05, 0.1) is 16.8 Å². The van der Waals surface area contributed by atoms with Crippen molar-refractivity contribution in [1.82, 2.24) is 20.1 Å². The van der Waals surface area contributed by atoms with Crippen LogP contribution < -0.4 is 0 Å². The van der Waals surface area contributed by atoms with Gasteiger partial charge in [0.1, 0.15) is 5.01 Å². The molecule has 20 heavy (non-hydrogen) atoms. The first kappa shape index (κ1) is 12.3. The molecule has 0 spiro atoms. The van der Waals surface area contributed by atoms with Gasteiger partial charge in [-0.1, -0.05) is 6.07 Å². The van der Waals surface area contributed by atoms with Crippen molar-refractivity contribution >= 4 is 22.7 Å². The van der Waals surface area contributed by atoms with E-state index in [1.165, 1.54) is 21.8 Å². The quantitative estimate of drug-likeness (QED) is 0.808. The first-order valence-corrected chi connectivity index (χ1v) is 8.36. The van der Waals surface area contributed by atoms with Gasteiger partial charge in [-0.3, -0.25) is 10.00 Å². The molecule has 0 atom stereocenters. The summed E-state index contributed by atoms with van der Waals surface area (Å²) in [5.41, 5.74) is 3.79. The van der Waals surface area contributed by atoms with Crippen LogP contribution in [-0.2, 0) is 19.5 Å². The molecule has 1 aliphatic heterocycles. The molecular weight excluding hydrogens is 288 g/mol. The molecule has 1 aliphatic rings. The van der Waals surface area contributed by atoms with Crippen LogP contribution in [-0.4, -0.2) is 26.6 Å². The van der Waals surface area contributed by atoms with Crippen molar-refractivity contribution in [2.45, 2.75) is 19.5 Å². The minimum Gasteiger partial charge on any atom is -0.293 e. The number of nitrogens with one attached hydrogen (secondary N) is 1. The predicted octanol–water partition coefficient (Wildman–Crippen LogP) is 3.15. The highest BCUT2D eigenvalue weighted by atomic mass is 32.1. The molecule has 0 saturated heterocycles. The Hall–Kier alpha value is -1.50. The van der Waals surface area contributed by atoms with Crippen LogP contribution in [0.3, 0.4) is 0 Å². The fraction of sp³-hybridized carbons (Fsp3) is 0.286. The van der Waals surface area contributed by atoms with E-state index in [1.54, 1.807) is 22.7 Å². The third-order valence-electron chi connectivity index (χ3n) is 3.55. The van der Waals surface area contributed by atoms with E-state index in [4.69, 9.17) is 4.98 Å². The summed E-state index contributed by atoms with van der Waals surface area (Å²) in [6.45, 7) is 2.96. The lowest BCUT2D eigenvalue weighted by Crippen LogP contribution is -2.29. The molecule has 0 unspecified atom stereocenters. The van der Waals surface area contributed by atoms with Crippen LogP contribution in [0.4, 0.5) is 0 Å². The Kier molecular flexibility index (Phi) is 3.14. The maximum Gasteiger partial charge on any atom is 0.133 e. The number of aromatic nitrogens is 3. The number of hydrogen-bond acceptors (Lipinski definition) is 5. The molecule has 3 aromatic rings. The first-order valence-electron chi connectivity index (χ1n) is 6.60. The molecule has 0 aliphatic carbocycles. The van der Waals surface area contributed by atoms with Gasteiger partial charge in [-0.2, -0.15) is 5.10 Å². The lowest BCUT2D eigenvalue weighted by molar-refractivity contribution is 0.242. The van der Waals surface area contributed by atoms with Gasteiger partial charge in [0.25, 0.3) is 0 Å². The summed E-state index contributed by atoms with van der Waals surface area (Å²) in [5, 5.41) is 12.6. The Bertz CT molecular complexity index is 698. The van der Waals surface area contributed by atoms with Crippen molar-refractivity contribution in [2.75, 3.05) is 6.54 Å². The van der Waals surface area contributed by atoms with E-state index in [0.29, 0.717) is 0 Å². The van der Waals surface area contributed by atoms with Gasteiger partial charge in [-0.25, -0.2) is 4.98 Å². The third-order valence-corrected chi connectivity index (χ3v) is 5.48. The molecule has 0 bridgehead atoms. The molecular formula is C14H14N4S2. The zero-order chi connectivity index (χ0) is 13.4. The Morgan fingerprint density at radius 2 is 2.35 bits per heavy atom. The van der Waals surface area contributed by atoms with Gasteiger partial charge in [-0.15, -0.1) is 22.7 Å². The molecule has 1 N–H and O–H groups in total. The van der Waals surface area contributed by atoms with Crippen LogP contribution in [0.2, 0.25) is 0 Å². The molecule has 0 aromatic carbocycles. The van der Waals surface area contributed by atoms with Crippen molar-refractivity contribution in [3.8, 4) is 9.88 Å². The van der Waals surface area contributed by atoms with Crippen LogP contribution in [0.25, 0.3) is 9.88 Å². The predicted molar refractivity (Wildman–Crippen MR) is 81.8 cm³/mol. The summed E-state index contributed by atoms with van der Waals surface area (Å²) in [7, 11) is 0. The summed E-state index contributed by atoms with van der Waals surface area (Å²) < 4.78 is 0. The Balaban J connectivity index is 1.48. The Morgan fingerprint density at radius 3 is 3.25 bits per heavy atom. The average Bonchev–Trinajstić information content (AvgIpc) is 3.19. The molecule has 0 amide bonds. The second-order valence-electron chi connectivity index (χ2n) is 4.96. The smallest absolute Gasteiger partial charge is 0.133 e. The van der Waals surface area contributed by atoms with Crippen LogP contribution in [0.5, 0.6) is 0 Å². The van der Waals surface area contributed by atoms with E-state index in [1.807, 2.05) is 6.20 Å². The lowest BCUT2D eigenvalue weighted by atomic mass is 10.1. The van der Waals surface area contributed by atoms with Crippen molar-refractivity contribution in [3.63, 3.8) is 0 Å². The molecule has 0 saturated carbocycles. The van der Waals surface area contributed by atoms with Crippen LogP contribution in [0.1, 0.15) is 17.0 Å². The maximum absolute atomic E-state index is 4.75. The highest BCUT2D eigenvalue weighted by Gasteiger charge is 2.18. The van der Waals surface area contributed by atoms with Gasteiger partial charge in [0.2, 0.25) is 0 Å². The van der Waals surface area contributed by atoms with E-state index >= 15 is 0 Å². The average molecular weight is 302 g/mol. The summed E-state index contributed by atoms with van der Waals surface area (Å²) in [5.74, 6) is 0. The number of H-pyrrole nitrogens is 1. The van der Waals surface area contributed by atoms with E-state index < -0.39 is 0 Å². The van der Waals surface area contributed by atoms with Crippen molar-refractivity contribution in [3.05, 3.63) is 46.0 Å². The molecule has 3 aromatic heterocycles. The summed E-state index contributed by atoms with van der Waals surface area (Å²) in [6.07, 6.45) is 3.00. The fourth-order valence-corrected chi connectivity index (χ4v) is 4.16. The van der Waals surface area contributed by atoms with Crippen LogP contribution in [0, 0.1) is 0 Å².